The van der Waals surface area contributed by atoms with E-state index < -0.39 is 6.03 Å². The molecule has 6 heteroatoms. The van der Waals surface area contributed by atoms with Crippen LogP contribution in [0.5, 0.6) is 0 Å². The number of aromatic nitrogens is 2. The Morgan fingerprint density at radius 2 is 2.45 bits per heavy atom. The first kappa shape index (κ1) is 7.52. The number of nitrogens with zero attached hydrogens (tertiary/aromatic N) is 2. The van der Waals surface area contributed by atoms with Crippen molar-refractivity contribution in [2.75, 3.05) is 5.32 Å². The van der Waals surface area contributed by atoms with Crippen LogP contribution in [0.3, 0.4) is 0 Å². The number of hydrogen-bond donors (Lipinski definition) is 2. The lowest BCUT2D eigenvalue weighted by Crippen LogP contribution is -2.23. The molecule has 0 aromatic carbocycles. The lowest BCUT2D eigenvalue weighted by Gasteiger charge is -1.99. The molecule has 0 saturated heterocycles. The van der Waals surface area contributed by atoms with Gasteiger partial charge in [-0.05, 0) is 6.07 Å². The second-order valence-electron chi connectivity index (χ2n) is 1.79. The monoisotopic (exact) mass is 148 g/mol. The van der Waals surface area contributed by atoms with E-state index in [1.807, 2.05) is 0 Å². The minimum Gasteiger partial charge on any atom is -0.351 e. The lowest BCUT2D eigenvalue weighted by atomic mass is 10.1. The number of hydrogen-bond acceptors (Lipinski definition) is 3. The molecule has 1 aromatic rings. The van der Waals surface area contributed by atoms with E-state index in [1.54, 1.807) is 0 Å². The summed E-state index contributed by atoms with van der Waals surface area (Å²) in [5.74, 6) is 0.296. The van der Waals surface area contributed by atoms with Gasteiger partial charge >= 0.3 is 6.03 Å². The highest BCUT2D eigenvalue weighted by Crippen LogP contribution is 1.94. The predicted molar refractivity (Wildman–Crippen MR) is 40.6 cm³/mol. The van der Waals surface area contributed by atoms with Gasteiger partial charge in [0.15, 0.2) is 7.85 Å². The Labute approximate surface area is 64.4 Å². The maximum Gasteiger partial charge on any atom is 0.317 e. The van der Waals surface area contributed by atoms with Gasteiger partial charge in [0, 0.05) is 6.20 Å². The summed E-state index contributed by atoms with van der Waals surface area (Å²) < 4.78 is 0. The molecule has 0 saturated carbocycles. The summed E-state index contributed by atoms with van der Waals surface area (Å²) in [6.07, 6.45) is 1.42. The Kier molecular flexibility index (Phi) is 2.05. The van der Waals surface area contributed by atoms with Crippen molar-refractivity contribution < 1.29 is 4.79 Å². The van der Waals surface area contributed by atoms with E-state index in [2.05, 4.69) is 15.3 Å². The van der Waals surface area contributed by atoms with Gasteiger partial charge < -0.3 is 5.73 Å². The van der Waals surface area contributed by atoms with Crippen LogP contribution in [-0.2, 0) is 0 Å². The Morgan fingerprint density at radius 3 is 3.00 bits per heavy atom. The fourth-order valence-electron chi connectivity index (χ4n) is 0.570. The molecular formula is C5H5BN4O. The number of rotatable bonds is 1. The molecule has 3 N–H and O–H groups in total. The molecule has 0 aliphatic rings. The third-order valence-corrected chi connectivity index (χ3v) is 0.925. The van der Waals surface area contributed by atoms with Crippen molar-refractivity contribution in [3.8, 4) is 0 Å². The van der Waals surface area contributed by atoms with Crippen LogP contribution in [0.25, 0.3) is 0 Å². The Hall–Kier alpha value is -1.59. The molecule has 2 amide bonds. The average Bonchev–Trinajstić information content (AvgIpc) is 1.85. The van der Waals surface area contributed by atoms with E-state index in [4.69, 9.17) is 13.6 Å². The van der Waals surface area contributed by atoms with E-state index in [9.17, 15) is 4.79 Å². The zero-order chi connectivity index (χ0) is 8.27. The molecule has 0 aliphatic heterocycles. The Morgan fingerprint density at radius 1 is 1.73 bits per heavy atom. The molecule has 1 rings (SSSR count). The fourth-order valence-corrected chi connectivity index (χ4v) is 0.570. The van der Waals surface area contributed by atoms with E-state index in [-0.39, 0.29) is 5.72 Å². The van der Waals surface area contributed by atoms with Gasteiger partial charge in [0.25, 0.3) is 0 Å². The smallest absolute Gasteiger partial charge is 0.317 e. The summed E-state index contributed by atoms with van der Waals surface area (Å²) in [6.45, 7) is 0. The fraction of sp³-hybridized carbons (Fsp3) is 0. The SMILES string of the molecule is [B]c1nccc(NC(N)=O)n1. The van der Waals surface area contributed by atoms with Gasteiger partial charge in [-0.3, -0.25) is 10.3 Å². The van der Waals surface area contributed by atoms with Gasteiger partial charge in [-0.25, -0.2) is 9.78 Å². The first-order chi connectivity index (χ1) is 5.18. The van der Waals surface area contributed by atoms with Crippen LogP contribution in [0.1, 0.15) is 0 Å². The molecule has 0 atom stereocenters. The number of nitrogens with two attached hydrogens (primary N) is 1. The maximum absolute atomic E-state index is 10.3. The molecule has 1 aromatic heterocycles. The summed E-state index contributed by atoms with van der Waals surface area (Å²) in [6, 6.07) is 0.810. The molecule has 1 heterocycles. The summed E-state index contributed by atoms with van der Waals surface area (Å²) >= 11 is 0. The van der Waals surface area contributed by atoms with Crippen molar-refractivity contribution >= 4 is 25.4 Å². The highest BCUT2D eigenvalue weighted by Gasteiger charge is 1.95. The number of carbonyl (C=O) groups is 1. The molecule has 0 aliphatic carbocycles. The van der Waals surface area contributed by atoms with Crippen molar-refractivity contribution in [2.45, 2.75) is 0 Å². The highest BCUT2D eigenvalue weighted by molar-refractivity contribution is 6.29. The van der Waals surface area contributed by atoms with Crippen LogP contribution in [0.2, 0.25) is 0 Å². The maximum atomic E-state index is 10.3. The molecule has 2 radical (unpaired) electrons. The van der Waals surface area contributed by atoms with Crippen molar-refractivity contribution in [3.63, 3.8) is 0 Å². The molecule has 11 heavy (non-hydrogen) atoms. The predicted octanol–water partition coefficient (Wildman–Crippen LogP) is -1.24. The number of amides is 2. The normalized spacial score (nSPS) is 9.09. The number of nitrogens with one attached hydrogen (secondary N) is 1. The van der Waals surface area contributed by atoms with Crippen LogP contribution < -0.4 is 16.8 Å². The van der Waals surface area contributed by atoms with Crippen LogP contribution in [0.4, 0.5) is 10.6 Å². The molecule has 0 unspecified atom stereocenters. The van der Waals surface area contributed by atoms with Crippen LogP contribution >= 0.6 is 0 Å². The number of urea groups is 1. The van der Waals surface area contributed by atoms with Crippen LogP contribution in [-0.4, -0.2) is 23.8 Å². The van der Waals surface area contributed by atoms with Crippen molar-refractivity contribution in [2.24, 2.45) is 5.73 Å². The van der Waals surface area contributed by atoms with Crippen molar-refractivity contribution in [1.29, 1.82) is 0 Å². The minimum atomic E-state index is -0.678. The standard InChI is InChI=1S/C5H5BN4O/c6-4-8-2-1-3(9-4)10-5(7)11/h1-2H,(H3,7,8,9,10,11). The first-order valence-corrected chi connectivity index (χ1v) is 2.83. The van der Waals surface area contributed by atoms with Gasteiger partial charge in [0.2, 0.25) is 0 Å². The lowest BCUT2D eigenvalue weighted by molar-refractivity contribution is 0.259. The Bertz CT molecular complexity index is 277. The topological polar surface area (TPSA) is 80.9 Å². The second kappa shape index (κ2) is 3.00. The van der Waals surface area contributed by atoms with Gasteiger partial charge in [0.05, 0.1) is 5.72 Å². The second-order valence-corrected chi connectivity index (χ2v) is 1.79. The molecule has 0 fully saturated rings. The molecule has 5 nitrogen and oxygen atoms in total. The third-order valence-electron chi connectivity index (χ3n) is 0.925. The number of carbonyl (C=O) groups excluding carboxylic acids is 1. The van der Waals surface area contributed by atoms with Crippen molar-refractivity contribution in [1.82, 2.24) is 9.97 Å². The number of anilines is 1. The summed E-state index contributed by atoms with van der Waals surface area (Å²) in [4.78, 5) is 17.6. The summed E-state index contributed by atoms with van der Waals surface area (Å²) in [5, 5.41) is 2.25. The van der Waals surface area contributed by atoms with E-state index in [0.717, 1.165) is 0 Å². The van der Waals surface area contributed by atoms with Gasteiger partial charge in [0.1, 0.15) is 5.82 Å². The van der Waals surface area contributed by atoms with Crippen LogP contribution in [0, 0.1) is 0 Å². The van der Waals surface area contributed by atoms with Gasteiger partial charge in [-0.2, -0.15) is 0 Å². The van der Waals surface area contributed by atoms with Crippen molar-refractivity contribution in [3.05, 3.63) is 12.3 Å². The third kappa shape index (κ3) is 2.25. The van der Waals surface area contributed by atoms with E-state index in [1.165, 1.54) is 12.3 Å². The molecular weight excluding hydrogens is 143 g/mol. The zero-order valence-corrected chi connectivity index (χ0v) is 5.61. The average molecular weight is 148 g/mol. The van der Waals surface area contributed by atoms with Gasteiger partial charge in [-0.1, -0.05) is 0 Å². The Balaban J connectivity index is 2.79. The zero-order valence-electron chi connectivity index (χ0n) is 5.61. The quantitative estimate of drug-likeness (QED) is 0.488. The van der Waals surface area contributed by atoms with E-state index in [0.29, 0.717) is 5.82 Å². The summed E-state index contributed by atoms with van der Waals surface area (Å²) in [7, 11) is 5.22. The minimum absolute atomic E-state index is 0.0938. The summed E-state index contributed by atoms with van der Waals surface area (Å²) in [5.41, 5.74) is 4.92. The van der Waals surface area contributed by atoms with Gasteiger partial charge in [-0.15, -0.1) is 0 Å². The van der Waals surface area contributed by atoms with E-state index >= 15 is 0 Å². The van der Waals surface area contributed by atoms with Crippen LogP contribution in [0.15, 0.2) is 12.3 Å². The molecule has 54 valence electrons. The number of primary amides is 1. The first-order valence-electron chi connectivity index (χ1n) is 2.83. The largest absolute Gasteiger partial charge is 0.351 e. The molecule has 0 spiro atoms. The molecule has 0 bridgehead atoms. The highest BCUT2D eigenvalue weighted by atomic mass is 16.2.